The van der Waals surface area contributed by atoms with E-state index in [2.05, 4.69) is 43.2 Å². The summed E-state index contributed by atoms with van der Waals surface area (Å²) in [5, 5.41) is 4.03. The zero-order valence-electron chi connectivity index (χ0n) is 11.9. The SMILES string of the molecule is CC(c1ccc(Cl)cc1)N(C)CCOC1(C)CNC1. The molecule has 1 aromatic carbocycles. The summed E-state index contributed by atoms with van der Waals surface area (Å²) in [6, 6.07) is 8.42. The topological polar surface area (TPSA) is 24.5 Å². The Kier molecular flexibility index (Phi) is 4.85. The Hall–Kier alpha value is -0.610. The Morgan fingerprint density at radius 3 is 2.53 bits per heavy atom. The first-order chi connectivity index (χ1) is 9.00. The monoisotopic (exact) mass is 282 g/mol. The quantitative estimate of drug-likeness (QED) is 0.868. The third-order valence-corrected chi connectivity index (χ3v) is 4.16. The summed E-state index contributed by atoms with van der Waals surface area (Å²) in [6.45, 7) is 7.99. The van der Waals surface area contributed by atoms with Crippen molar-refractivity contribution in [3.8, 4) is 0 Å². The molecule has 1 aromatic rings. The van der Waals surface area contributed by atoms with Crippen molar-refractivity contribution in [1.29, 1.82) is 0 Å². The van der Waals surface area contributed by atoms with Gasteiger partial charge in [-0.25, -0.2) is 0 Å². The van der Waals surface area contributed by atoms with Gasteiger partial charge < -0.3 is 10.1 Å². The summed E-state index contributed by atoms with van der Waals surface area (Å²) >= 11 is 5.91. The van der Waals surface area contributed by atoms with E-state index in [1.54, 1.807) is 0 Å². The van der Waals surface area contributed by atoms with E-state index in [0.717, 1.165) is 31.3 Å². The smallest absolute Gasteiger partial charge is 0.0902 e. The van der Waals surface area contributed by atoms with Crippen LogP contribution in [0.15, 0.2) is 24.3 Å². The zero-order chi connectivity index (χ0) is 13.9. The molecule has 1 heterocycles. The van der Waals surface area contributed by atoms with E-state index in [1.165, 1.54) is 5.56 Å². The van der Waals surface area contributed by atoms with Gasteiger partial charge in [0.25, 0.3) is 0 Å². The fraction of sp³-hybridized carbons (Fsp3) is 0.600. The van der Waals surface area contributed by atoms with Gasteiger partial charge in [0.15, 0.2) is 0 Å². The van der Waals surface area contributed by atoms with Crippen LogP contribution in [0.25, 0.3) is 0 Å². The number of benzene rings is 1. The molecule has 1 fully saturated rings. The molecule has 1 aliphatic heterocycles. The molecular weight excluding hydrogens is 260 g/mol. The highest BCUT2D eigenvalue weighted by molar-refractivity contribution is 6.30. The van der Waals surface area contributed by atoms with Crippen LogP contribution < -0.4 is 5.32 Å². The highest BCUT2D eigenvalue weighted by Crippen LogP contribution is 2.21. The minimum absolute atomic E-state index is 0.0460. The minimum atomic E-state index is 0.0460. The third kappa shape index (κ3) is 3.93. The van der Waals surface area contributed by atoms with Crippen molar-refractivity contribution < 1.29 is 4.74 Å². The third-order valence-electron chi connectivity index (χ3n) is 3.91. The number of halogens is 1. The second-order valence-electron chi connectivity index (χ2n) is 5.61. The molecule has 19 heavy (non-hydrogen) atoms. The van der Waals surface area contributed by atoms with Crippen molar-refractivity contribution in [3.63, 3.8) is 0 Å². The average Bonchev–Trinajstić information content (AvgIpc) is 2.36. The molecule has 0 radical (unpaired) electrons. The zero-order valence-corrected chi connectivity index (χ0v) is 12.7. The standard InChI is InChI=1S/C15H23ClN2O/c1-12(13-4-6-14(16)7-5-13)18(3)8-9-19-15(2)10-17-11-15/h4-7,12,17H,8-11H2,1-3H3. The van der Waals surface area contributed by atoms with Crippen molar-refractivity contribution >= 4 is 11.6 Å². The van der Waals surface area contributed by atoms with Gasteiger partial charge in [0.1, 0.15) is 0 Å². The van der Waals surface area contributed by atoms with Crippen LogP contribution in [0.4, 0.5) is 0 Å². The summed E-state index contributed by atoms with van der Waals surface area (Å²) < 4.78 is 5.92. The van der Waals surface area contributed by atoms with E-state index < -0.39 is 0 Å². The maximum atomic E-state index is 5.92. The molecule has 1 atom stereocenters. The molecule has 1 aliphatic rings. The van der Waals surface area contributed by atoms with Gasteiger partial charge >= 0.3 is 0 Å². The molecule has 0 aliphatic carbocycles. The van der Waals surface area contributed by atoms with Gasteiger partial charge in [0, 0.05) is 30.7 Å². The maximum Gasteiger partial charge on any atom is 0.0902 e. The summed E-state index contributed by atoms with van der Waals surface area (Å²) in [5.74, 6) is 0. The lowest BCUT2D eigenvalue weighted by Gasteiger charge is -2.39. The lowest BCUT2D eigenvalue weighted by molar-refractivity contribution is -0.0725. The Morgan fingerprint density at radius 1 is 1.37 bits per heavy atom. The molecule has 2 rings (SSSR count). The summed E-state index contributed by atoms with van der Waals surface area (Å²) in [7, 11) is 2.13. The lowest BCUT2D eigenvalue weighted by atomic mass is 10.0. The molecule has 3 nitrogen and oxygen atoms in total. The fourth-order valence-electron chi connectivity index (χ4n) is 2.20. The Morgan fingerprint density at radius 2 is 2.00 bits per heavy atom. The lowest BCUT2D eigenvalue weighted by Crippen LogP contribution is -2.59. The van der Waals surface area contributed by atoms with Crippen LogP contribution in [0.1, 0.15) is 25.5 Å². The first-order valence-electron chi connectivity index (χ1n) is 6.81. The van der Waals surface area contributed by atoms with Crippen LogP contribution in [-0.2, 0) is 4.74 Å². The van der Waals surface area contributed by atoms with Gasteiger partial charge in [-0.15, -0.1) is 0 Å². The first kappa shape index (κ1) is 14.8. The molecule has 1 saturated heterocycles. The molecule has 106 valence electrons. The van der Waals surface area contributed by atoms with Crippen molar-refractivity contribution in [1.82, 2.24) is 10.2 Å². The number of likely N-dealkylation sites (N-methyl/N-ethyl adjacent to an activating group) is 1. The van der Waals surface area contributed by atoms with Crippen molar-refractivity contribution in [2.75, 3.05) is 33.3 Å². The number of hydrogen-bond acceptors (Lipinski definition) is 3. The molecule has 0 bridgehead atoms. The van der Waals surface area contributed by atoms with Crippen LogP contribution in [0, 0.1) is 0 Å². The van der Waals surface area contributed by atoms with E-state index in [4.69, 9.17) is 16.3 Å². The van der Waals surface area contributed by atoms with E-state index in [-0.39, 0.29) is 5.60 Å². The number of ether oxygens (including phenoxy) is 1. The largest absolute Gasteiger partial charge is 0.371 e. The molecule has 0 spiro atoms. The number of hydrogen-bond donors (Lipinski definition) is 1. The molecular formula is C15H23ClN2O. The van der Waals surface area contributed by atoms with Gasteiger partial charge in [-0.05, 0) is 38.6 Å². The Bertz CT molecular complexity index is 403. The van der Waals surface area contributed by atoms with Crippen LogP contribution >= 0.6 is 11.6 Å². The van der Waals surface area contributed by atoms with Gasteiger partial charge in [0.05, 0.1) is 12.2 Å². The van der Waals surface area contributed by atoms with Crippen LogP contribution in [0.5, 0.6) is 0 Å². The van der Waals surface area contributed by atoms with E-state index >= 15 is 0 Å². The predicted octanol–water partition coefficient (Wildman–Crippen LogP) is 2.71. The normalized spacial score (nSPS) is 19.2. The highest BCUT2D eigenvalue weighted by Gasteiger charge is 2.32. The molecule has 0 amide bonds. The number of nitrogens with one attached hydrogen (secondary N) is 1. The molecule has 1 unspecified atom stereocenters. The average molecular weight is 283 g/mol. The first-order valence-corrected chi connectivity index (χ1v) is 7.18. The molecule has 4 heteroatoms. The summed E-state index contributed by atoms with van der Waals surface area (Å²) in [5.41, 5.74) is 1.33. The summed E-state index contributed by atoms with van der Waals surface area (Å²) in [6.07, 6.45) is 0. The second-order valence-corrected chi connectivity index (χ2v) is 6.05. The van der Waals surface area contributed by atoms with Crippen LogP contribution in [0.2, 0.25) is 5.02 Å². The minimum Gasteiger partial charge on any atom is -0.371 e. The highest BCUT2D eigenvalue weighted by atomic mass is 35.5. The number of rotatable bonds is 6. The van der Waals surface area contributed by atoms with Gasteiger partial charge in [-0.1, -0.05) is 23.7 Å². The van der Waals surface area contributed by atoms with Crippen LogP contribution in [0.3, 0.4) is 0 Å². The van der Waals surface area contributed by atoms with Gasteiger partial charge in [-0.2, -0.15) is 0 Å². The fourth-order valence-corrected chi connectivity index (χ4v) is 2.33. The molecule has 1 N–H and O–H groups in total. The van der Waals surface area contributed by atoms with E-state index in [0.29, 0.717) is 6.04 Å². The molecule has 0 aromatic heterocycles. The Balaban J connectivity index is 1.78. The van der Waals surface area contributed by atoms with E-state index in [9.17, 15) is 0 Å². The van der Waals surface area contributed by atoms with Crippen molar-refractivity contribution in [2.45, 2.75) is 25.5 Å². The van der Waals surface area contributed by atoms with Crippen molar-refractivity contribution in [3.05, 3.63) is 34.9 Å². The van der Waals surface area contributed by atoms with Crippen molar-refractivity contribution in [2.24, 2.45) is 0 Å². The summed E-state index contributed by atoms with van der Waals surface area (Å²) in [4.78, 5) is 2.30. The maximum absolute atomic E-state index is 5.92. The van der Waals surface area contributed by atoms with Gasteiger partial charge in [-0.3, -0.25) is 4.90 Å². The molecule has 0 saturated carbocycles. The van der Waals surface area contributed by atoms with Gasteiger partial charge in [0.2, 0.25) is 0 Å². The second kappa shape index (κ2) is 6.23. The van der Waals surface area contributed by atoms with Crippen LogP contribution in [-0.4, -0.2) is 43.8 Å². The predicted molar refractivity (Wildman–Crippen MR) is 79.7 cm³/mol. The number of nitrogens with zero attached hydrogens (tertiary/aromatic N) is 1. The van der Waals surface area contributed by atoms with E-state index in [1.807, 2.05) is 12.1 Å². The Labute approximate surface area is 120 Å².